The molecule has 4 N–H and O–H groups in total. The van der Waals surface area contributed by atoms with Crippen molar-refractivity contribution < 1.29 is 20.4 Å². The van der Waals surface area contributed by atoms with E-state index in [0.717, 1.165) is 16.3 Å². The maximum atomic E-state index is 10.6. The van der Waals surface area contributed by atoms with E-state index in [9.17, 15) is 20.4 Å². The molecular formula is C24H20O4. The normalized spacial score (nSPS) is 11.6. The predicted molar refractivity (Wildman–Crippen MR) is 109 cm³/mol. The molecule has 0 aliphatic carbocycles. The van der Waals surface area contributed by atoms with Gasteiger partial charge in [0.2, 0.25) is 0 Å². The summed E-state index contributed by atoms with van der Waals surface area (Å²) in [6.45, 7) is 1.90. The van der Waals surface area contributed by atoms with Gasteiger partial charge >= 0.3 is 0 Å². The van der Waals surface area contributed by atoms with Crippen LogP contribution >= 0.6 is 0 Å². The Hall–Kier alpha value is -3.66. The standard InChI is InChI=1S/C24H20O4/c1-24(20-10-8-18(25)13-22(20)27,21-11-9-19(26)14-23(21)28)17-7-6-15-4-2-3-5-16(15)12-17/h2-14,25-28H,1H3. The van der Waals surface area contributed by atoms with Gasteiger partial charge in [0.25, 0.3) is 0 Å². The SMILES string of the molecule is CC(c1ccc2ccccc2c1)(c1ccc(O)cc1O)c1ccc(O)cc1O. The van der Waals surface area contributed by atoms with E-state index < -0.39 is 5.41 Å². The average Bonchev–Trinajstić information content (AvgIpc) is 2.67. The van der Waals surface area contributed by atoms with Crippen LogP contribution < -0.4 is 0 Å². The highest BCUT2D eigenvalue weighted by molar-refractivity contribution is 5.84. The minimum atomic E-state index is -0.931. The van der Waals surface area contributed by atoms with Crippen LogP contribution in [0.15, 0.2) is 78.9 Å². The smallest absolute Gasteiger partial charge is 0.123 e. The first-order chi connectivity index (χ1) is 13.4. The molecule has 28 heavy (non-hydrogen) atoms. The number of fused-ring (bicyclic) bond motifs is 1. The number of hydrogen-bond acceptors (Lipinski definition) is 4. The molecule has 0 aromatic heterocycles. The van der Waals surface area contributed by atoms with Crippen molar-refractivity contribution in [1.82, 2.24) is 0 Å². The number of hydrogen-bond donors (Lipinski definition) is 4. The van der Waals surface area contributed by atoms with E-state index in [1.54, 1.807) is 12.1 Å². The number of benzene rings is 4. The minimum Gasteiger partial charge on any atom is -0.508 e. The molecule has 0 saturated carbocycles. The maximum Gasteiger partial charge on any atom is 0.123 e. The van der Waals surface area contributed by atoms with Crippen molar-refractivity contribution in [1.29, 1.82) is 0 Å². The van der Waals surface area contributed by atoms with Crippen LogP contribution in [-0.2, 0) is 5.41 Å². The van der Waals surface area contributed by atoms with Crippen molar-refractivity contribution in [3.63, 3.8) is 0 Å². The molecule has 0 radical (unpaired) electrons. The van der Waals surface area contributed by atoms with Crippen molar-refractivity contribution >= 4 is 10.8 Å². The minimum absolute atomic E-state index is 0.0444. The number of phenolic OH excluding ortho intramolecular Hbond substituents is 4. The largest absolute Gasteiger partial charge is 0.508 e. The summed E-state index contributed by atoms with van der Waals surface area (Å²) in [5, 5.41) is 42.8. The molecule has 0 atom stereocenters. The molecule has 4 aromatic carbocycles. The second-order valence-corrected chi connectivity index (χ2v) is 7.09. The average molecular weight is 372 g/mol. The molecular weight excluding hydrogens is 352 g/mol. The van der Waals surface area contributed by atoms with Crippen LogP contribution in [-0.4, -0.2) is 20.4 Å². The molecule has 0 unspecified atom stereocenters. The monoisotopic (exact) mass is 372 g/mol. The van der Waals surface area contributed by atoms with Crippen molar-refractivity contribution in [2.24, 2.45) is 0 Å². The summed E-state index contributed by atoms with van der Waals surface area (Å²) in [4.78, 5) is 0. The zero-order valence-corrected chi connectivity index (χ0v) is 15.3. The second-order valence-electron chi connectivity index (χ2n) is 7.09. The number of rotatable bonds is 3. The third-order valence-corrected chi connectivity index (χ3v) is 5.37. The molecule has 0 spiro atoms. The van der Waals surface area contributed by atoms with Gasteiger partial charge in [-0.25, -0.2) is 0 Å². The van der Waals surface area contributed by atoms with Crippen LogP contribution in [0.3, 0.4) is 0 Å². The fraction of sp³-hybridized carbons (Fsp3) is 0.0833. The first-order valence-corrected chi connectivity index (χ1v) is 8.94. The van der Waals surface area contributed by atoms with Crippen molar-refractivity contribution in [3.8, 4) is 23.0 Å². The summed E-state index contributed by atoms with van der Waals surface area (Å²) in [6.07, 6.45) is 0. The van der Waals surface area contributed by atoms with Crippen molar-refractivity contribution in [2.75, 3.05) is 0 Å². The zero-order chi connectivity index (χ0) is 19.9. The van der Waals surface area contributed by atoms with Gasteiger partial charge in [-0.05, 0) is 41.5 Å². The quantitative estimate of drug-likeness (QED) is 0.381. The molecule has 0 aliphatic heterocycles. The molecule has 0 bridgehead atoms. The fourth-order valence-corrected chi connectivity index (χ4v) is 3.84. The number of aromatic hydroxyl groups is 4. The summed E-state index contributed by atoms with van der Waals surface area (Å²) >= 11 is 0. The van der Waals surface area contributed by atoms with Crippen LogP contribution in [0.4, 0.5) is 0 Å². The summed E-state index contributed by atoms with van der Waals surface area (Å²) in [5.74, 6) is -0.250. The molecule has 0 amide bonds. The van der Waals surface area contributed by atoms with Crippen LogP contribution in [0.25, 0.3) is 10.8 Å². The third kappa shape index (κ3) is 2.79. The van der Waals surface area contributed by atoms with E-state index in [4.69, 9.17) is 0 Å². The summed E-state index contributed by atoms with van der Waals surface area (Å²) < 4.78 is 0. The highest BCUT2D eigenvalue weighted by Crippen LogP contribution is 2.47. The summed E-state index contributed by atoms with van der Waals surface area (Å²) in [7, 11) is 0. The van der Waals surface area contributed by atoms with Gasteiger partial charge in [0, 0.05) is 28.7 Å². The van der Waals surface area contributed by atoms with E-state index in [1.807, 2.05) is 49.4 Å². The molecule has 0 saturated heterocycles. The van der Waals surface area contributed by atoms with Crippen molar-refractivity contribution in [2.45, 2.75) is 12.3 Å². The Morgan fingerprint density at radius 1 is 0.571 bits per heavy atom. The molecule has 4 heteroatoms. The van der Waals surface area contributed by atoms with Gasteiger partial charge in [0.05, 0.1) is 0 Å². The Morgan fingerprint density at radius 2 is 1.11 bits per heavy atom. The Labute approximate surface area is 162 Å². The second kappa shape index (κ2) is 6.50. The van der Waals surface area contributed by atoms with Crippen LogP contribution in [0.1, 0.15) is 23.6 Å². The van der Waals surface area contributed by atoms with Crippen LogP contribution in [0.5, 0.6) is 23.0 Å². The van der Waals surface area contributed by atoms with Gasteiger partial charge in [0.15, 0.2) is 0 Å². The lowest BCUT2D eigenvalue weighted by atomic mass is 9.70. The van der Waals surface area contributed by atoms with E-state index in [1.165, 1.54) is 24.3 Å². The van der Waals surface area contributed by atoms with Gasteiger partial charge in [0.1, 0.15) is 23.0 Å². The maximum absolute atomic E-state index is 10.6. The van der Waals surface area contributed by atoms with E-state index in [2.05, 4.69) is 0 Å². The zero-order valence-electron chi connectivity index (χ0n) is 15.3. The molecule has 0 aliphatic rings. The first-order valence-electron chi connectivity index (χ1n) is 8.94. The Morgan fingerprint density at radius 3 is 1.64 bits per heavy atom. The highest BCUT2D eigenvalue weighted by Gasteiger charge is 2.36. The Balaban J connectivity index is 2.05. The fourth-order valence-electron chi connectivity index (χ4n) is 3.84. The van der Waals surface area contributed by atoms with Crippen LogP contribution in [0.2, 0.25) is 0 Å². The summed E-state index contributed by atoms with van der Waals surface area (Å²) in [6, 6.07) is 22.8. The molecule has 140 valence electrons. The molecule has 0 fully saturated rings. The Bertz CT molecular complexity index is 1130. The molecule has 0 heterocycles. The topological polar surface area (TPSA) is 80.9 Å². The van der Waals surface area contributed by atoms with E-state index in [-0.39, 0.29) is 23.0 Å². The molecule has 4 aromatic rings. The van der Waals surface area contributed by atoms with E-state index >= 15 is 0 Å². The lowest BCUT2D eigenvalue weighted by Gasteiger charge is -2.33. The Kier molecular flexibility index (Phi) is 4.12. The van der Waals surface area contributed by atoms with Crippen LogP contribution in [0, 0.1) is 0 Å². The van der Waals surface area contributed by atoms with Gasteiger partial charge in [-0.15, -0.1) is 0 Å². The lowest BCUT2D eigenvalue weighted by Crippen LogP contribution is -2.25. The lowest BCUT2D eigenvalue weighted by molar-refractivity contribution is 0.427. The van der Waals surface area contributed by atoms with Gasteiger partial charge < -0.3 is 20.4 Å². The first kappa shape index (κ1) is 17.7. The summed E-state index contributed by atoms with van der Waals surface area (Å²) in [5.41, 5.74) is 0.982. The van der Waals surface area contributed by atoms with Gasteiger partial charge in [-0.2, -0.15) is 0 Å². The molecule has 4 nitrogen and oxygen atoms in total. The van der Waals surface area contributed by atoms with Gasteiger partial charge in [-0.1, -0.05) is 48.5 Å². The highest BCUT2D eigenvalue weighted by atomic mass is 16.3. The van der Waals surface area contributed by atoms with E-state index in [0.29, 0.717) is 11.1 Å². The molecule has 4 rings (SSSR count). The predicted octanol–water partition coefficient (Wildman–Crippen LogP) is 5.02. The number of phenols is 4. The van der Waals surface area contributed by atoms with Crippen molar-refractivity contribution in [3.05, 3.63) is 95.6 Å². The third-order valence-electron chi connectivity index (χ3n) is 5.37. The van der Waals surface area contributed by atoms with Gasteiger partial charge in [-0.3, -0.25) is 0 Å².